The maximum Gasteiger partial charge on any atom is 0.338 e. The Labute approximate surface area is 162 Å². The second-order valence-corrected chi connectivity index (χ2v) is 6.35. The average Bonchev–Trinajstić information content (AvgIpc) is 3.10. The van der Waals surface area contributed by atoms with Gasteiger partial charge in [-0.1, -0.05) is 11.3 Å². The first-order valence-electron chi connectivity index (χ1n) is 8.92. The van der Waals surface area contributed by atoms with Crippen LogP contribution in [0.5, 0.6) is 5.75 Å². The molecule has 3 rings (SSSR count). The molecule has 1 amide bonds. The highest BCUT2D eigenvalue weighted by Crippen LogP contribution is 2.25. The molecule has 0 bridgehead atoms. The lowest BCUT2D eigenvalue weighted by atomic mass is 10.2. The van der Waals surface area contributed by atoms with Crippen LogP contribution in [-0.4, -0.2) is 40.1 Å². The topological polar surface area (TPSA) is 95.3 Å². The van der Waals surface area contributed by atoms with E-state index in [1.54, 1.807) is 35.0 Å². The van der Waals surface area contributed by atoms with Crippen molar-refractivity contribution in [3.8, 4) is 5.75 Å². The van der Waals surface area contributed by atoms with Gasteiger partial charge in [-0.3, -0.25) is 4.79 Å². The van der Waals surface area contributed by atoms with Crippen LogP contribution in [0.25, 0.3) is 11.0 Å². The van der Waals surface area contributed by atoms with Gasteiger partial charge in [0.15, 0.2) is 6.10 Å². The van der Waals surface area contributed by atoms with Crippen LogP contribution in [0.15, 0.2) is 36.4 Å². The molecule has 0 saturated carbocycles. The third-order valence-electron chi connectivity index (χ3n) is 4.32. The zero-order chi connectivity index (χ0) is 20.3. The summed E-state index contributed by atoms with van der Waals surface area (Å²) in [5.74, 6) is -0.524. The molecule has 8 heteroatoms. The highest BCUT2D eigenvalue weighted by atomic mass is 16.5. The molecule has 0 aliphatic heterocycles. The molecule has 2 aromatic carbocycles. The summed E-state index contributed by atoms with van der Waals surface area (Å²) in [6, 6.07) is 10.4. The molecule has 0 aliphatic carbocycles. The Balaban J connectivity index is 1.70. The van der Waals surface area contributed by atoms with Gasteiger partial charge in [-0.2, -0.15) is 0 Å². The van der Waals surface area contributed by atoms with Gasteiger partial charge in [0.2, 0.25) is 0 Å². The summed E-state index contributed by atoms with van der Waals surface area (Å²) >= 11 is 0. The van der Waals surface area contributed by atoms with Crippen molar-refractivity contribution in [3.05, 3.63) is 47.5 Å². The summed E-state index contributed by atoms with van der Waals surface area (Å²) in [5, 5.41) is 10.8. The molecule has 1 N–H and O–H groups in total. The predicted molar refractivity (Wildman–Crippen MR) is 104 cm³/mol. The summed E-state index contributed by atoms with van der Waals surface area (Å²) in [5.41, 5.74) is 3.22. The van der Waals surface area contributed by atoms with E-state index in [0.717, 1.165) is 11.1 Å². The number of aromatic nitrogens is 3. The van der Waals surface area contributed by atoms with Crippen LogP contribution in [0.1, 0.15) is 29.8 Å². The van der Waals surface area contributed by atoms with E-state index in [0.29, 0.717) is 29.1 Å². The van der Waals surface area contributed by atoms with Crippen LogP contribution in [0.3, 0.4) is 0 Å². The number of carbonyl (C=O) groups excluding carboxylic acids is 2. The van der Waals surface area contributed by atoms with E-state index in [1.165, 1.54) is 14.0 Å². The van der Waals surface area contributed by atoms with Crippen molar-refractivity contribution in [2.75, 3.05) is 12.4 Å². The van der Waals surface area contributed by atoms with E-state index < -0.39 is 18.0 Å². The summed E-state index contributed by atoms with van der Waals surface area (Å²) in [4.78, 5) is 24.9. The van der Waals surface area contributed by atoms with Gasteiger partial charge in [-0.15, -0.1) is 5.10 Å². The first-order valence-corrected chi connectivity index (χ1v) is 8.92. The van der Waals surface area contributed by atoms with Gasteiger partial charge in [0.05, 0.1) is 23.9 Å². The molecule has 8 nitrogen and oxygen atoms in total. The number of carbonyl (C=O) groups is 2. The number of nitrogens with one attached hydrogen (secondary N) is 1. The van der Waals surface area contributed by atoms with Crippen LogP contribution in [0.2, 0.25) is 0 Å². The number of amides is 1. The number of fused-ring (bicyclic) bond motifs is 1. The zero-order valence-corrected chi connectivity index (χ0v) is 16.2. The number of hydrogen-bond acceptors (Lipinski definition) is 6. The van der Waals surface area contributed by atoms with Gasteiger partial charge in [0.25, 0.3) is 5.91 Å². The zero-order valence-electron chi connectivity index (χ0n) is 16.2. The fraction of sp³-hybridized carbons (Fsp3) is 0.300. The SMILES string of the molecule is CCn1nnc2cc(C(=O)O[C@H](C)C(=O)Nc3cc(C)ccc3OC)ccc21. The molecule has 1 atom stereocenters. The minimum atomic E-state index is -0.986. The van der Waals surface area contributed by atoms with Crippen LogP contribution >= 0.6 is 0 Å². The standard InChI is InChI=1S/C20H22N4O4/c1-5-24-17-8-7-14(11-15(17)22-23-24)20(26)28-13(3)19(25)21-16-10-12(2)6-9-18(16)27-4/h6-11,13H,5H2,1-4H3,(H,21,25)/t13-/m1/s1. The van der Waals surface area contributed by atoms with Crippen molar-refractivity contribution in [3.63, 3.8) is 0 Å². The predicted octanol–water partition coefficient (Wildman–Crippen LogP) is 2.95. The normalized spacial score (nSPS) is 11.9. The number of nitrogens with zero attached hydrogens (tertiary/aromatic N) is 3. The largest absolute Gasteiger partial charge is 0.495 e. The van der Waals surface area contributed by atoms with E-state index >= 15 is 0 Å². The van der Waals surface area contributed by atoms with Crippen molar-refractivity contribution in [1.82, 2.24) is 15.0 Å². The highest BCUT2D eigenvalue weighted by Gasteiger charge is 2.21. The van der Waals surface area contributed by atoms with Crippen LogP contribution in [0, 0.1) is 6.92 Å². The molecular formula is C20H22N4O4. The fourth-order valence-electron chi connectivity index (χ4n) is 2.77. The number of aryl methyl sites for hydroxylation is 2. The van der Waals surface area contributed by atoms with Gasteiger partial charge < -0.3 is 14.8 Å². The molecule has 0 spiro atoms. The average molecular weight is 382 g/mol. The van der Waals surface area contributed by atoms with E-state index in [9.17, 15) is 9.59 Å². The smallest absolute Gasteiger partial charge is 0.338 e. The molecular weight excluding hydrogens is 360 g/mol. The van der Waals surface area contributed by atoms with Gasteiger partial charge >= 0.3 is 5.97 Å². The van der Waals surface area contributed by atoms with Crippen LogP contribution in [0.4, 0.5) is 5.69 Å². The molecule has 0 unspecified atom stereocenters. The number of anilines is 1. The Morgan fingerprint density at radius 3 is 2.71 bits per heavy atom. The number of ether oxygens (including phenoxy) is 2. The van der Waals surface area contributed by atoms with E-state index in [2.05, 4.69) is 15.6 Å². The minimum absolute atomic E-state index is 0.309. The Hall–Kier alpha value is -3.42. The van der Waals surface area contributed by atoms with E-state index in [1.807, 2.05) is 19.9 Å². The number of rotatable bonds is 6. The molecule has 0 fully saturated rings. The summed E-state index contributed by atoms with van der Waals surface area (Å²) in [6.07, 6.45) is -0.986. The van der Waals surface area contributed by atoms with Crippen molar-refractivity contribution in [2.45, 2.75) is 33.4 Å². The maximum absolute atomic E-state index is 12.4. The first kappa shape index (κ1) is 19.3. The maximum atomic E-state index is 12.4. The van der Waals surface area contributed by atoms with Gasteiger partial charge in [-0.25, -0.2) is 9.48 Å². The van der Waals surface area contributed by atoms with Crippen molar-refractivity contribution in [1.29, 1.82) is 0 Å². The monoisotopic (exact) mass is 382 g/mol. The lowest BCUT2D eigenvalue weighted by Gasteiger charge is -2.15. The molecule has 0 radical (unpaired) electrons. The van der Waals surface area contributed by atoms with Crippen molar-refractivity contribution >= 4 is 28.6 Å². The van der Waals surface area contributed by atoms with Gasteiger partial charge in [-0.05, 0) is 56.7 Å². The first-order chi connectivity index (χ1) is 13.4. The lowest BCUT2D eigenvalue weighted by molar-refractivity contribution is -0.123. The van der Waals surface area contributed by atoms with Crippen molar-refractivity contribution in [2.24, 2.45) is 0 Å². The molecule has 0 aliphatic rings. The second-order valence-electron chi connectivity index (χ2n) is 6.35. The van der Waals surface area contributed by atoms with Crippen LogP contribution in [-0.2, 0) is 16.1 Å². The molecule has 0 saturated heterocycles. The van der Waals surface area contributed by atoms with Gasteiger partial charge in [0, 0.05) is 6.54 Å². The number of esters is 1. The second kappa shape index (κ2) is 8.08. The van der Waals surface area contributed by atoms with Crippen LogP contribution < -0.4 is 10.1 Å². The lowest BCUT2D eigenvalue weighted by Crippen LogP contribution is -2.30. The van der Waals surface area contributed by atoms with E-state index in [-0.39, 0.29) is 0 Å². The minimum Gasteiger partial charge on any atom is -0.495 e. The quantitative estimate of drug-likeness (QED) is 0.659. The molecule has 3 aromatic rings. The number of methoxy groups -OCH3 is 1. The van der Waals surface area contributed by atoms with E-state index in [4.69, 9.17) is 9.47 Å². The number of benzene rings is 2. The van der Waals surface area contributed by atoms with Gasteiger partial charge in [0.1, 0.15) is 11.3 Å². The number of hydrogen-bond donors (Lipinski definition) is 1. The Morgan fingerprint density at radius 2 is 2.00 bits per heavy atom. The molecule has 146 valence electrons. The third-order valence-corrected chi connectivity index (χ3v) is 4.32. The Kier molecular flexibility index (Phi) is 5.58. The third kappa shape index (κ3) is 3.95. The summed E-state index contributed by atoms with van der Waals surface area (Å²) < 4.78 is 12.3. The summed E-state index contributed by atoms with van der Waals surface area (Å²) in [6.45, 7) is 6.06. The highest BCUT2D eigenvalue weighted by molar-refractivity contribution is 5.99. The molecule has 1 heterocycles. The summed E-state index contributed by atoms with van der Waals surface area (Å²) in [7, 11) is 1.52. The van der Waals surface area contributed by atoms with Crippen molar-refractivity contribution < 1.29 is 19.1 Å². The fourth-order valence-corrected chi connectivity index (χ4v) is 2.77. The molecule has 1 aromatic heterocycles. The molecule has 28 heavy (non-hydrogen) atoms. The Morgan fingerprint density at radius 1 is 1.21 bits per heavy atom. The Bertz CT molecular complexity index is 1030.